The standard InChI is InChI=1S/C29H23FN2O6/c1-2-29(38-26(34)16-36-20-9-7-19(30)8-10-20)13-25(33)37-15-21-22(29)12-24-27-18(14-32(24)28(21)35)11-17-5-3-4-6-23(17)31-27/h3-12H,2,13-16H2,1H3. The predicted octanol–water partition coefficient (Wildman–Crippen LogP) is 4.24. The molecule has 2 aromatic carbocycles. The molecule has 4 heterocycles. The van der Waals surface area contributed by atoms with Crippen molar-refractivity contribution < 1.29 is 28.2 Å². The molecule has 2 aliphatic rings. The maximum atomic E-state index is 13.7. The minimum absolute atomic E-state index is 0.218. The lowest BCUT2D eigenvalue weighted by Crippen LogP contribution is -2.38. The third-order valence-electron chi connectivity index (χ3n) is 7.12. The number of nitrogens with zero attached hydrogens (tertiary/aromatic N) is 2. The van der Waals surface area contributed by atoms with Crippen LogP contribution < -0.4 is 10.3 Å². The molecular formula is C29H23FN2O6. The summed E-state index contributed by atoms with van der Waals surface area (Å²) in [6.45, 7) is 1.44. The van der Waals surface area contributed by atoms with Gasteiger partial charge in [0.05, 0.1) is 35.4 Å². The van der Waals surface area contributed by atoms with Crippen LogP contribution in [0.5, 0.6) is 5.75 Å². The molecule has 0 fully saturated rings. The predicted molar refractivity (Wildman–Crippen MR) is 135 cm³/mol. The second-order valence-corrected chi connectivity index (χ2v) is 9.40. The molecule has 1 atom stereocenters. The Morgan fingerprint density at radius 1 is 1.13 bits per heavy atom. The van der Waals surface area contributed by atoms with Gasteiger partial charge in [-0.1, -0.05) is 25.1 Å². The van der Waals surface area contributed by atoms with Crippen LogP contribution in [0.2, 0.25) is 0 Å². The number of hydrogen-bond donors (Lipinski definition) is 0. The van der Waals surface area contributed by atoms with E-state index in [4.69, 9.17) is 19.2 Å². The van der Waals surface area contributed by atoms with E-state index in [0.29, 0.717) is 29.2 Å². The Balaban J connectivity index is 1.40. The average molecular weight is 515 g/mol. The zero-order valence-corrected chi connectivity index (χ0v) is 20.5. The average Bonchev–Trinajstić information content (AvgIpc) is 3.20. The summed E-state index contributed by atoms with van der Waals surface area (Å²) in [6.07, 6.45) is -0.0298. The van der Waals surface area contributed by atoms with Crippen molar-refractivity contribution in [3.8, 4) is 17.1 Å². The van der Waals surface area contributed by atoms with E-state index in [-0.39, 0.29) is 30.6 Å². The molecule has 0 aliphatic carbocycles. The van der Waals surface area contributed by atoms with Gasteiger partial charge in [-0.3, -0.25) is 9.59 Å². The lowest BCUT2D eigenvalue weighted by Gasteiger charge is -2.32. The third-order valence-corrected chi connectivity index (χ3v) is 7.12. The molecule has 4 aromatic rings. The number of pyridine rings is 2. The van der Waals surface area contributed by atoms with Gasteiger partial charge in [0.25, 0.3) is 5.56 Å². The van der Waals surface area contributed by atoms with Crippen molar-refractivity contribution >= 4 is 22.8 Å². The van der Waals surface area contributed by atoms with Crippen LogP contribution in [0.25, 0.3) is 22.3 Å². The zero-order chi connectivity index (χ0) is 26.4. The summed E-state index contributed by atoms with van der Waals surface area (Å²) in [6, 6.07) is 16.8. The summed E-state index contributed by atoms with van der Waals surface area (Å²) in [7, 11) is 0. The summed E-state index contributed by atoms with van der Waals surface area (Å²) >= 11 is 0. The van der Waals surface area contributed by atoms with Gasteiger partial charge in [-0.2, -0.15) is 0 Å². The largest absolute Gasteiger partial charge is 0.482 e. The van der Waals surface area contributed by atoms with Gasteiger partial charge in [0.1, 0.15) is 23.8 Å². The molecule has 0 saturated heterocycles. The second-order valence-electron chi connectivity index (χ2n) is 9.40. The zero-order valence-electron chi connectivity index (χ0n) is 20.5. The Kier molecular flexibility index (Phi) is 5.71. The van der Waals surface area contributed by atoms with Crippen molar-refractivity contribution in [1.82, 2.24) is 9.55 Å². The van der Waals surface area contributed by atoms with Crippen molar-refractivity contribution in [3.63, 3.8) is 0 Å². The van der Waals surface area contributed by atoms with Crippen LogP contribution in [0.3, 0.4) is 0 Å². The number of esters is 2. The molecule has 2 aromatic heterocycles. The van der Waals surface area contributed by atoms with E-state index < -0.39 is 30.0 Å². The van der Waals surface area contributed by atoms with E-state index in [0.717, 1.165) is 16.5 Å². The molecule has 192 valence electrons. The van der Waals surface area contributed by atoms with Crippen molar-refractivity contribution in [2.75, 3.05) is 6.61 Å². The number of carbonyl (C=O) groups excluding carboxylic acids is 2. The summed E-state index contributed by atoms with van der Waals surface area (Å²) in [5.74, 6) is -1.45. The maximum Gasteiger partial charge on any atom is 0.345 e. The van der Waals surface area contributed by atoms with Gasteiger partial charge in [0, 0.05) is 16.5 Å². The summed E-state index contributed by atoms with van der Waals surface area (Å²) in [5, 5.41) is 0.973. The van der Waals surface area contributed by atoms with Crippen molar-refractivity contribution in [2.24, 2.45) is 0 Å². The summed E-state index contributed by atoms with van der Waals surface area (Å²) in [4.78, 5) is 44.1. The first-order chi connectivity index (χ1) is 18.4. The third kappa shape index (κ3) is 4.00. The molecule has 0 spiro atoms. The Morgan fingerprint density at radius 3 is 2.71 bits per heavy atom. The summed E-state index contributed by atoms with van der Waals surface area (Å²) in [5.41, 5.74) is 1.94. The fourth-order valence-electron chi connectivity index (χ4n) is 5.19. The molecule has 9 heteroatoms. The van der Waals surface area contributed by atoms with E-state index in [1.54, 1.807) is 17.6 Å². The molecule has 0 N–H and O–H groups in total. The number of hydrogen-bond acceptors (Lipinski definition) is 7. The van der Waals surface area contributed by atoms with Crippen LogP contribution in [0, 0.1) is 5.82 Å². The van der Waals surface area contributed by atoms with Crippen LogP contribution >= 0.6 is 0 Å². The Morgan fingerprint density at radius 2 is 1.92 bits per heavy atom. The quantitative estimate of drug-likeness (QED) is 0.324. The van der Waals surface area contributed by atoms with Gasteiger partial charge in [-0.15, -0.1) is 0 Å². The molecule has 8 nitrogen and oxygen atoms in total. The van der Waals surface area contributed by atoms with E-state index in [9.17, 15) is 18.8 Å². The van der Waals surface area contributed by atoms with Crippen LogP contribution in [-0.2, 0) is 37.8 Å². The van der Waals surface area contributed by atoms with Crippen molar-refractivity contribution in [2.45, 2.75) is 38.5 Å². The van der Waals surface area contributed by atoms with E-state index in [1.807, 2.05) is 30.3 Å². The van der Waals surface area contributed by atoms with Crippen LogP contribution in [0.1, 0.15) is 36.5 Å². The number of carbonyl (C=O) groups is 2. The second kappa shape index (κ2) is 9.09. The summed E-state index contributed by atoms with van der Waals surface area (Å²) < 4.78 is 31.5. The first-order valence-electron chi connectivity index (χ1n) is 12.3. The minimum atomic E-state index is -1.43. The first kappa shape index (κ1) is 23.8. The molecule has 0 bridgehead atoms. The van der Waals surface area contributed by atoms with Gasteiger partial charge in [0.2, 0.25) is 0 Å². The molecule has 0 saturated carbocycles. The van der Waals surface area contributed by atoms with Gasteiger partial charge >= 0.3 is 11.9 Å². The van der Waals surface area contributed by atoms with Gasteiger partial charge in [0.15, 0.2) is 6.61 Å². The molecule has 1 unspecified atom stereocenters. The highest BCUT2D eigenvalue weighted by atomic mass is 19.1. The number of ether oxygens (including phenoxy) is 3. The van der Waals surface area contributed by atoms with E-state index in [1.165, 1.54) is 24.3 Å². The van der Waals surface area contributed by atoms with E-state index in [2.05, 4.69) is 0 Å². The fraction of sp³-hybridized carbons (Fsp3) is 0.241. The van der Waals surface area contributed by atoms with Crippen LogP contribution in [-0.4, -0.2) is 28.1 Å². The Hall–Kier alpha value is -4.53. The molecule has 0 amide bonds. The number of rotatable bonds is 5. The smallest absolute Gasteiger partial charge is 0.345 e. The number of fused-ring (bicyclic) bond motifs is 5. The van der Waals surface area contributed by atoms with Gasteiger partial charge in [-0.05, 0) is 48.9 Å². The topological polar surface area (TPSA) is 96.7 Å². The normalized spacial score (nSPS) is 17.7. The molecule has 38 heavy (non-hydrogen) atoms. The number of benzene rings is 2. The van der Waals surface area contributed by atoms with Crippen LogP contribution in [0.4, 0.5) is 4.39 Å². The lowest BCUT2D eigenvalue weighted by molar-refractivity contribution is -0.169. The molecular weight excluding hydrogens is 491 g/mol. The van der Waals surface area contributed by atoms with Crippen molar-refractivity contribution in [1.29, 1.82) is 0 Å². The Bertz CT molecular complexity index is 1660. The van der Waals surface area contributed by atoms with Gasteiger partial charge < -0.3 is 18.8 Å². The highest BCUT2D eigenvalue weighted by molar-refractivity contribution is 5.84. The highest BCUT2D eigenvalue weighted by Crippen LogP contribution is 2.41. The minimum Gasteiger partial charge on any atom is -0.482 e. The molecule has 6 rings (SSSR count). The highest BCUT2D eigenvalue weighted by Gasteiger charge is 2.44. The number of para-hydroxylation sites is 1. The number of aromatic nitrogens is 2. The van der Waals surface area contributed by atoms with Crippen LogP contribution in [0.15, 0.2) is 65.5 Å². The molecule has 0 radical (unpaired) electrons. The van der Waals surface area contributed by atoms with Gasteiger partial charge in [-0.25, -0.2) is 14.2 Å². The Labute approximate surface area is 216 Å². The monoisotopic (exact) mass is 514 g/mol. The number of halogens is 1. The first-order valence-corrected chi connectivity index (χ1v) is 12.3. The fourth-order valence-corrected chi connectivity index (χ4v) is 5.19. The lowest BCUT2D eigenvalue weighted by atomic mass is 9.85. The van der Waals surface area contributed by atoms with E-state index >= 15 is 0 Å². The molecule has 2 aliphatic heterocycles. The SMILES string of the molecule is CCC1(OC(=O)COc2ccc(F)cc2)CC(=O)OCc2c1cc1n(c2=O)Cc2cc3ccccc3nc2-1. The number of cyclic esters (lactones) is 1. The van der Waals surface area contributed by atoms with Crippen molar-refractivity contribution in [3.05, 3.63) is 93.5 Å². The maximum absolute atomic E-state index is 13.7.